The SMILES string of the molecule is [N-]=[N+]=NC1CC(=O)C2(CCC(C3CCC4CCCCC4C3)CC2)C1c1ccccc1. The van der Waals surface area contributed by atoms with Crippen molar-refractivity contribution in [2.75, 3.05) is 0 Å². The summed E-state index contributed by atoms with van der Waals surface area (Å²) in [7, 11) is 0. The maximum atomic E-state index is 13.3. The molecule has 5 atom stereocenters. The van der Waals surface area contributed by atoms with Crippen LogP contribution in [0.3, 0.4) is 0 Å². The van der Waals surface area contributed by atoms with Crippen molar-refractivity contribution in [1.29, 1.82) is 0 Å². The summed E-state index contributed by atoms with van der Waals surface area (Å²) in [4.78, 5) is 16.4. The number of ketones is 1. The van der Waals surface area contributed by atoms with Crippen LogP contribution in [0.25, 0.3) is 10.4 Å². The fourth-order valence-corrected chi connectivity index (χ4v) is 7.98. The van der Waals surface area contributed by atoms with Gasteiger partial charge < -0.3 is 0 Å². The number of hydrogen-bond donors (Lipinski definition) is 0. The molecule has 0 heterocycles. The summed E-state index contributed by atoms with van der Waals surface area (Å²) in [6.07, 6.45) is 14.9. The lowest BCUT2D eigenvalue weighted by molar-refractivity contribution is -0.129. The number of Topliss-reactive ketones (excluding diaryl/α,β-unsaturated/α-hetero) is 1. The van der Waals surface area contributed by atoms with Crippen LogP contribution in [0.1, 0.15) is 88.5 Å². The van der Waals surface area contributed by atoms with Crippen molar-refractivity contribution < 1.29 is 4.79 Å². The first kappa shape index (κ1) is 20.1. The van der Waals surface area contributed by atoms with Crippen molar-refractivity contribution in [3.8, 4) is 0 Å². The number of carbonyl (C=O) groups excluding carboxylic acids is 1. The third kappa shape index (κ3) is 3.47. The highest BCUT2D eigenvalue weighted by Crippen LogP contribution is 2.59. The molecular formula is C26H35N3O. The van der Waals surface area contributed by atoms with Gasteiger partial charge in [0.1, 0.15) is 5.78 Å². The molecule has 4 nitrogen and oxygen atoms in total. The Bertz CT molecular complexity index is 807. The fraction of sp³-hybridized carbons (Fsp3) is 0.731. The van der Waals surface area contributed by atoms with Crippen LogP contribution < -0.4 is 0 Å². The molecule has 0 radical (unpaired) electrons. The monoisotopic (exact) mass is 405 g/mol. The maximum Gasteiger partial charge on any atom is 0.140 e. The van der Waals surface area contributed by atoms with Crippen molar-refractivity contribution in [1.82, 2.24) is 0 Å². The van der Waals surface area contributed by atoms with E-state index in [1.165, 1.54) is 63.4 Å². The first-order valence-corrected chi connectivity index (χ1v) is 12.3. The molecule has 5 rings (SSSR count). The molecule has 1 aromatic carbocycles. The molecule has 0 bridgehead atoms. The van der Waals surface area contributed by atoms with Gasteiger partial charge >= 0.3 is 0 Å². The predicted molar refractivity (Wildman–Crippen MR) is 119 cm³/mol. The quantitative estimate of drug-likeness (QED) is 0.298. The number of fused-ring (bicyclic) bond motifs is 1. The second-order valence-corrected chi connectivity index (χ2v) is 10.7. The van der Waals surface area contributed by atoms with Gasteiger partial charge in [0.05, 0.1) is 6.04 Å². The fourth-order valence-electron chi connectivity index (χ4n) is 7.98. The van der Waals surface area contributed by atoms with Crippen LogP contribution >= 0.6 is 0 Å². The summed E-state index contributed by atoms with van der Waals surface area (Å²) >= 11 is 0. The first-order chi connectivity index (χ1) is 14.7. The van der Waals surface area contributed by atoms with Gasteiger partial charge in [-0.2, -0.15) is 0 Å². The zero-order valence-corrected chi connectivity index (χ0v) is 18.1. The average Bonchev–Trinajstić information content (AvgIpc) is 3.05. The third-order valence-electron chi connectivity index (χ3n) is 9.46. The maximum absolute atomic E-state index is 13.3. The lowest BCUT2D eigenvalue weighted by Gasteiger charge is -2.46. The average molecular weight is 406 g/mol. The van der Waals surface area contributed by atoms with Gasteiger partial charge in [0.2, 0.25) is 0 Å². The van der Waals surface area contributed by atoms with E-state index in [0.717, 1.165) is 36.5 Å². The van der Waals surface area contributed by atoms with Crippen molar-refractivity contribution in [2.24, 2.45) is 34.2 Å². The molecule has 0 amide bonds. The Balaban J connectivity index is 1.33. The zero-order chi connectivity index (χ0) is 20.6. The largest absolute Gasteiger partial charge is 0.299 e. The Kier molecular flexibility index (Phi) is 5.62. The predicted octanol–water partition coefficient (Wildman–Crippen LogP) is 7.21. The van der Waals surface area contributed by atoms with Crippen LogP contribution in [-0.4, -0.2) is 11.8 Å². The number of benzene rings is 1. The number of azide groups is 1. The lowest BCUT2D eigenvalue weighted by atomic mass is 9.58. The summed E-state index contributed by atoms with van der Waals surface area (Å²) in [5.74, 6) is 4.06. The number of carbonyl (C=O) groups is 1. The zero-order valence-electron chi connectivity index (χ0n) is 18.1. The van der Waals surface area contributed by atoms with Crippen LogP contribution in [0.15, 0.2) is 35.4 Å². The number of rotatable bonds is 3. The molecule has 5 unspecified atom stereocenters. The Morgan fingerprint density at radius 2 is 1.50 bits per heavy atom. The highest BCUT2D eigenvalue weighted by atomic mass is 16.1. The lowest BCUT2D eigenvalue weighted by Crippen LogP contribution is -2.39. The van der Waals surface area contributed by atoms with Crippen LogP contribution in [0, 0.1) is 29.1 Å². The van der Waals surface area contributed by atoms with E-state index < -0.39 is 0 Å². The summed E-state index contributed by atoms with van der Waals surface area (Å²) in [5.41, 5.74) is 9.99. The Morgan fingerprint density at radius 1 is 0.867 bits per heavy atom. The second-order valence-electron chi connectivity index (χ2n) is 10.7. The summed E-state index contributed by atoms with van der Waals surface area (Å²) in [6, 6.07) is 10.1. The van der Waals surface area contributed by atoms with E-state index in [0.29, 0.717) is 12.2 Å². The highest BCUT2D eigenvalue weighted by Gasteiger charge is 2.56. The van der Waals surface area contributed by atoms with E-state index >= 15 is 0 Å². The van der Waals surface area contributed by atoms with Crippen molar-refractivity contribution in [2.45, 2.75) is 89.0 Å². The van der Waals surface area contributed by atoms with Gasteiger partial charge in [0, 0.05) is 22.7 Å². The van der Waals surface area contributed by atoms with E-state index in [1.54, 1.807) is 0 Å². The van der Waals surface area contributed by atoms with Gasteiger partial charge in [0.25, 0.3) is 0 Å². The molecule has 1 aromatic rings. The van der Waals surface area contributed by atoms with E-state index in [1.807, 2.05) is 18.2 Å². The van der Waals surface area contributed by atoms with Gasteiger partial charge in [-0.1, -0.05) is 61.1 Å². The minimum absolute atomic E-state index is 0.0529. The molecule has 160 valence electrons. The first-order valence-electron chi connectivity index (χ1n) is 12.3. The molecule has 0 aromatic heterocycles. The molecule has 30 heavy (non-hydrogen) atoms. The number of nitrogens with zero attached hydrogens (tertiary/aromatic N) is 3. The van der Waals surface area contributed by atoms with Crippen LogP contribution in [0.5, 0.6) is 0 Å². The summed E-state index contributed by atoms with van der Waals surface area (Å²) in [6.45, 7) is 0. The van der Waals surface area contributed by atoms with Gasteiger partial charge in [-0.25, -0.2) is 0 Å². The van der Waals surface area contributed by atoms with E-state index in [-0.39, 0.29) is 17.4 Å². The Morgan fingerprint density at radius 3 is 2.23 bits per heavy atom. The summed E-state index contributed by atoms with van der Waals surface area (Å²) in [5, 5.41) is 4.10. The molecule has 4 fully saturated rings. The number of hydrogen-bond acceptors (Lipinski definition) is 2. The van der Waals surface area contributed by atoms with Gasteiger partial charge in [0.15, 0.2) is 0 Å². The Labute approximate surface area is 180 Å². The van der Waals surface area contributed by atoms with Crippen molar-refractivity contribution in [3.05, 3.63) is 46.3 Å². The van der Waals surface area contributed by atoms with E-state index in [9.17, 15) is 4.79 Å². The molecule has 1 spiro atoms. The molecule has 0 saturated heterocycles. The van der Waals surface area contributed by atoms with Crippen LogP contribution in [0.2, 0.25) is 0 Å². The standard InChI is InChI=1S/C26H35N3O/c27-29-28-23-17-24(30)26(25(23)20-7-2-1-3-8-20)14-12-19(13-15-26)22-11-10-18-6-4-5-9-21(18)16-22/h1-3,7-8,18-19,21-23,25H,4-6,9-17H2. The van der Waals surface area contributed by atoms with E-state index in [4.69, 9.17) is 5.53 Å². The van der Waals surface area contributed by atoms with Crippen LogP contribution in [0.4, 0.5) is 0 Å². The highest BCUT2D eigenvalue weighted by molar-refractivity contribution is 5.89. The Hall–Kier alpha value is -1.80. The minimum Gasteiger partial charge on any atom is -0.299 e. The molecule has 0 aliphatic heterocycles. The topological polar surface area (TPSA) is 65.8 Å². The molecule has 0 N–H and O–H groups in total. The van der Waals surface area contributed by atoms with E-state index in [2.05, 4.69) is 22.2 Å². The normalized spacial score (nSPS) is 41.3. The molecule has 4 aliphatic carbocycles. The van der Waals surface area contributed by atoms with Gasteiger partial charge in [-0.3, -0.25) is 4.79 Å². The molecule has 4 heteroatoms. The molecular weight excluding hydrogens is 370 g/mol. The molecule has 4 saturated carbocycles. The van der Waals surface area contributed by atoms with Crippen molar-refractivity contribution in [3.63, 3.8) is 0 Å². The van der Waals surface area contributed by atoms with Crippen molar-refractivity contribution >= 4 is 5.78 Å². The summed E-state index contributed by atoms with van der Waals surface area (Å²) < 4.78 is 0. The second kappa shape index (κ2) is 8.38. The van der Waals surface area contributed by atoms with Crippen LogP contribution in [-0.2, 0) is 4.79 Å². The third-order valence-corrected chi connectivity index (χ3v) is 9.46. The van der Waals surface area contributed by atoms with Gasteiger partial charge in [-0.15, -0.1) is 0 Å². The minimum atomic E-state index is -0.307. The smallest absolute Gasteiger partial charge is 0.140 e. The van der Waals surface area contributed by atoms with Gasteiger partial charge in [-0.05, 0) is 79.7 Å². The molecule has 4 aliphatic rings.